The van der Waals surface area contributed by atoms with Crippen molar-refractivity contribution in [1.29, 1.82) is 5.26 Å². The number of nitrogens with zero attached hydrogens (tertiary/aromatic N) is 5. The van der Waals surface area contributed by atoms with Gasteiger partial charge in [-0.05, 0) is 47.6 Å². The molecule has 1 N–H and O–H groups in total. The van der Waals surface area contributed by atoms with Crippen molar-refractivity contribution in [2.75, 3.05) is 31.7 Å². The Kier molecular flexibility index (Phi) is 6.50. The number of sulfonamides is 1. The molecule has 1 aliphatic heterocycles. The van der Waals surface area contributed by atoms with Gasteiger partial charge in [-0.15, -0.1) is 10.2 Å². The van der Waals surface area contributed by atoms with Gasteiger partial charge in [0.2, 0.25) is 21.1 Å². The predicted molar refractivity (Wildman–Crippen MR) is 108 cm³/mol. The molecule has 2 rings (SSSR count). The van der Waals surface area contributed by atoms with Crippen molar-refractivity contribution >= 4 is 32.4 Å². The monoisotopic (exact) mass is 428 g/mol. The molecule has 1 aromatic rings. The van der Waals surface area contributed by atoms with Crippen LogP contribution in [0.1, 0.15) is 45.5 Å². The number of carbonyl (C=O) groups excluding carboxylic acids is 1. The number of amides is 1. The smallest absolute Gasteiger partial charge is 0.246 e. The molecule has 156 valence electrons. The van der Waals surface area contributed by atoms with Crippen LogP contribution in [0.25, 0.3) is 0 Å². The normalized spacial score (nSPS) is 17.5. The number of anilines is 1. The van der Waals surface area contributed by atoms with Gasteiger partial charge in [0.05, 0.1) is 17.9 Å². The summed E-state index contributed by atoms with van der Waals surface area (Å²) in [6.45, 7) is 8.06. The second-order valence-corrected chi connectivity index (χ2v) is 11.1. The van der Waals surface area contributed by atoms with Crippen LogP contribution in [0.5, 0.6) is 0 Å². The lowest BCUT2D eigenvalue weighted by Crippen LogP contribution is -2.57. The molecule has 0 aliphatic carbocycles. The second-order valence-electron chi connectivity index (χ2n) is 8.17. The van der Waals surface area contributed by atoms with E-state index >= 15 is 0 Å². The fourth-order valence-electron chi connectivity index (χ4n) is 3.00. The van der Waals surface area contributed by atoms with Crippen molar-refractivity contribution in [3.8, 4) is 6.07 Å². The van der Waals surface area contributed by atoms with E-state index in [2.05, 4.69) is 21.6 Å². The van der Waals surface area contributed by atoms with Gasteiger partial charge in [0.1, 0.15) is 10.4 Å². The third kappa shape index (κ3) is 4.86. The Morgan fingerprint density at radius 3 is 2.36 bits per heavy atom. The molecular formula is C17H28N6O3S2. The Bertz CT molecular complexity index is 864. The average Bonchev–Trinajstić information content (AvgIpc) is 3.09. The largest absolute Gasteiger partial charge is 0.299 e. The van der Waals surface area contributed by atoms with Crippen molar-refractivity contribution in [2.45, 2.75) is 57.5 Å². The van der Waals surface area contributed by atoms with Gasteiger partial charge >= 0.3 is 0 Å². The number of rotatable bonds is 6. The van der Waals surface area contributed by atoms with Gasteiger partial charge in [0.15, 0.2) is 0 Å². The summed E-state index contributed by atoms with van der Waals surface area (Å²) in [6, 6.07) is 2.27. The minimum Gasteiger partial charge on any atom is -0.299 e. The highest BCUT2D eigenvalue weighted by molar-refractivity contribution is 7.88. The molecule has 1 aromatic heterocycles. The highest BCUT2D eigenvalue weighted by atomic mass is 32.2. The number of nitriles is 1. The van der Waals surface area contributed by atoms with Crippen LogP contribution in [0.4, 0.5) is 5.13 Å². The van der Waals surface area contributed by atoms with E-state index in [0.717, 1.165) is 0 Å². The van der Waals surface area contributed by atoms with E-state index in [9.17, 15) is 18.5 Å². The van der Waals surface area contributed by atoms with Crippen molar-refractivity contribution in [1.82, 2.24) is 19.4 Å². The minimum atomic E-state index is -3.18. The molecule has 1 fully saturated rings. The molecule has 0 radical (unpaired) electrons. The van der Waals surface area contributed by atoms with Crippen molar-refractivity contribution in [2.24, 2.45) is 0 Å². The summed E-state index contributed by atoms with van der Waals surface area (Å²) >= 11 is 1.19. The molecule has 0 saturated carbocycles. The van der Waals surface area contributed by atoms with Crippen LogP contribution in [0.3, 0.4) is 0 Å². The number of carbonyl (C=O) groups is 1. The van der Waals surface area contributed by atoms with E-state index in [1.807, 2.05) is 25.8 Å². The maximum atomic E-state index is 12.9. The van der Waals surface area contributed by atoms with Gasteiger partial charge in [0.25, 0.3) is 0 Å². The molecule has 2 heterocycles. The predicted octanol–water partition coefficient (Wildman–Crippen LogP) is 1.41. The Balaban J connectivity index is 2.04. The summed E-state index contributed by atoms with van der Waals surface area (Å²) in [5.41, 5.74) is -1.59. The fraction of sp³-hybridized carbons (Fsp3) is 0.765. The lowest BCUT2D eigenvalue weighted by atomic mass is 9.95. The molecular weight excluding hydrogens is 400 g/mol. The van der Waals surface area contributed by atoms with E-state index < -0.39 is 21.0 Å². The molecule has 0 aromatic carbocycles. The van der Waals surface area contributed by atoms with Gasteiger partial charge < -0.3 is 0 Å². The number of hydrogen-bond acceptors (Lipinski definition) is 8. The van der Waals surface area contributed by atoms with E-state index in [-0.39, 0.29) is 11.9 Å². The highest BCUT2D eigenvalue weighted by Gasteiger charge is 2.39. The van der Waals surface area contributed by atoms with Gasteiger partial charge in [-0.25, -0.2) is 12.7 Å². The lowest BCUT2D eigenvalue weighted by Gasteiger charge is -2.43. The SMILES string of the molecule is CN(C1CCN(S(C)(=O)=O)CC1)C(C)(C)C(=O)Nc1nnc(C(C)(C)C#N)s1. The average molecular weight is 429 g/mol. The zero-order valence-corrected chi connectivity index (χ0v) is 18.8. The zero-order chi connectivity index (χ0) is 21.3. The Morgan fingerprint density at radius 1 is 1.29 bits per heavy atom. The number of aromatic nitrogens is 2. The molecule has 0 atom stereocenters. The number of nitrogens with one attached hydrogen (secondary N) is 1. The minimum absolute atomic E-state index is 0.0984. The zero-order valence-electron chi connectivity index (χ0n) is 17.2. The molecule has 0 unspecified atom stereocenters. The fourth-order valence-corrected chi connectivity index (χ4v) is 4.67. The summed E-state index contributed by atoms with van der Waals surface area (Å²) in [5, 5.41) is 20.9. The molecule has 0 bridgehead atoms. The number of likely N-dealkylation sites (N-methyl/N-ethyl adjacent to an activating group) is 1. The van der Waals surface area contributed by atoms with Crippen LogP contribution in [0.2, 0.25) is 0 Å². The number of hydrogen-bond donors (Lipinski definition) is 1. The number of piperidine rings is 1. The summed E-state index contributed by atoms with van der Waals surface area (Å²) in [4.78, 5) is 14.9. The topological polar surface area (TPSA) is 119 Å². The summed E-state index contributed by atoms with van der Waals surface area (Å²) in [6.07, 6.45) is 2.55. The third-order valence-electron chi connectivity index (χ3n) is 5.34. The molecule has 1 amide bonds. The van der Waals surface area contributed by atoms with Crippen molar-refractivity contribution in [3.63, 3.8) is 0 Å². The van der Waals surface area contributed by atoms with Crippen LogP contribution in [-0.4, -0.2) is 71.7 Å². The van der Waals surface area contributed by atoms with Gasteiger partial charge in [-0.1, -0.05) is 11.3 Å². The van der Waals surface area contributed by atoms with Gasteiger partial charge in [-0.2, -0.15) is 5.26 Å². The molecule has 28 heavy (non-hydrogen) atoms. The molecule has 0 spiro atoms. The van der Waals surface area contributed by atoms with Crippen molar-refractivity contribution < 1.29 is 13.2 Å². The highest BCUT2D eigenvalue weighted by Crippen LogP contribution is 2.29. The van der Waals surface area contributed by atoms with E-state index in [0.29, 0.717) is 36.1 Å². The summed E-state index contributed by atoms with van der Waals surface area (Å²) < 4.78 is 24.8. The second kappa shape index (κ2) is 8.02. The van der Waals surface area contributed by atoms with Crippen LogP contribution in [0, 0.1) is 11.3 Å². The van der Waals surface area contributed by atoms with E-state index in [4.69, 9.17) is 0 Å². The standard InChI is InChI=1S/C17H28N6O3S2/c1-16(2,11-18)14-20-21-15(27-14)19-13(24)17(3,4)22(5)12-7-9-23(10-8-12)28(6,25)26/h12H,7-10H2,1-6H3,(H,19,21,24). The van der Waals surface area contributed by atoms with Crippen LogP contribution < -0.4 is 5.32 Å². The van der Waals surface area contributed by atoms with Crippen LogP contribution in [0.15, 0.2) is 0 Å². The first kappa shape index (κ1) is 22.7. The third-order valence-corrected chi connectivity index (χ3v) is 7.80. The van der Waals surface area contributed by atoms with E-state index in [1.54, 1.807) is 13.8 Å². The van der Waals surface area contributed by atoms with Crippen LogP contribution in [-0.2, 0) is 20.2 Å². The summed E-state index contributed by atoms with van der Waals surface area (Å²) in [5.74, 6) is -0.224. The Morgan fingerprint density at radius 2 is 1.86 bits per heavy atom. The Hall–Kier alpha value is -1.61. The van der Waals surface area contributed by atoms with E-state index in [1.165, 1.54) is 21.9 Å². The van der Waals surface area contributed by atoms with Crippen LogP contribution >= 0.6 is 11.3 Å². The molecule has 11 heteroatoms. The quantitative estimate of drug-likeness (QED) is 0.727. The lowest BCUT2D eigenvalue weighted by molar-refractivity contribution is -0.127. The van der Waals surface area contributed by atoms with Crippen molar-refractivity contribution in [3.05, 3.63) is 5.01 Å². The van der Waals surface area contributed by atoms with Gasteiger partial charge in [-0.3, -0.25) is 15.0 Å². The first-order valence-electron chi connectivity index (χ1n) is 9.04. The van der Waals surface area contributed by atoms with Gasteiger partial charge in [0, 0.05) is 19.1 Å². The maximum Gasteiger partial charge on any atom is 0.246 e. The Labute approximate surface area is 170 Å². The molecule has 1 saturated heterocycles. The first-order valence-corrected chi connectivity index (χ1v) is 11.7. The summed E-state index contributed by atoms with van der Waals surface area (Å²) in [7, 11) is -1.30. The first-order chi connectivity index (χ1) is 12.8. The molecule has 9 nitrogen and oxygen atoms in total. The molecule has 1 aliphatic rings. The maximum absolute atomic E-state index is 12.9.